The Morgan fingerprint density at radius 2 is 1.78 bits per heavy atom. The van der Waals surface area contributed by atoms with E-state index in [1.54, 1.807) is 7.11 Å². The van der Waals surface area contributed by atoms with Gasteiger partial charge in [0.25, 0.3) is 0 Å². The number of hydrogen-bond acceptors (Lipinski definition) is 10. The van der Waals surface area contributed by atoms with Crippen LogP contribution in [-0.4, -0.2) is 75.3 Å². The lowest BCUT2D eigenvalue weighted by Crippen LogP contribution is -2.26. The molecule has 2 aliphatic carbocycles. The zero-order valence-electron chi connectivity index (χ0n) is 30.8. The number of nitriles is 1. The Hall–Kier alpha value is -4.99. The number of hydrogen-bond donors (Lipinski definition) is 2. The molecule has 2 aliphatic heterocycles. The second-order valence-corrected chi connectivity index (χ2v) is 15.7. The number of carbonyl (C=O) groups is 1. The minimum atomic E-state index is -0.748. The van der Waals surface area contributed by atoms with Gasteiger partial charge in [-0.3, -0.25) is 14.6 Å². The van der Waals surface area contributed by atoms with Crippen LogP contribution in [0, 0.1) is 24.2 Å². The number of halogens is 1. The fraction of sp³-hybridized carbons (Fsp3) is 0.395. The largest absolute Gasteiger partial charge is 0.481 e. The summed E-state index contributed by atoms with van der Waals surface area (Å²) >= 11 is 6.77. The molecule has 5 aromatic rings. The smallest absolute Gasteiger partial charge is 0.307 e. The number of oxazole rings is 1. The number of fused-ring (bicyclic) bond motifs is 3. The summed E-state index contributed by atoms with van der Waals surface area (Å²) in [5.74, 6) is 0.153. The van der Waals surface area contributed by atoms with Crippen molar-refractivity contribution in [3.05, 3.63) is 92.5 Å². The van der Waals surface area contributed by atoms with E-state index < -0.39 is 5.97 Å². The summed E-state index contributed by atoms with van der Waals surface area (Å²) in [7, 11) is 1.59. The third-order valence-corrected chi connectivity index (χ3v) is 12.4. The molecule has 0 unspecified atom stereocenters. The topological polar surface area (TPSA) is 145 Å². The van der Waals surface area contributed by atoms with Crippen molar-refractivity contribution in [3.63, 3.8) is 0 Å². The SMILES string of the molecule is COc1nc(O[C@H]2CCc3c(-c4cccc(-c5nc6cc7c(c(C#N)c6o5)CC[C@H]7N5CC[C@@H](C(=O)O)C5)c4C)cccc32)c(Cl)cc1CN1CC[C@@H](O)C1. The van der Waals surface area contributed by atoms with E-state index in [4.69, 9.17) is 30.5 Å². The number of pyridine rings is 1. The van der Waals surface area contributed by atoms with Crippen molar-refractivity contribution in [2.24, 2.45) is 5.92 Å². The van der Waals surface area contributed by atoms with Gasteiger partial charge in [0.2, 0.25) is 17.7 Å². The third kappa shape index (κ3) is 6.31. The fourth-order valence-corrected chi connectivity index (χ4v) is 9.58. The van der Waals surface area contributed by atoms with Gasteiger partial charge < -0.3 is 24.1 Å². The van der Waals surface area contributed by atoms with E-state index in [1.165, 1.54) is 5.56 Å². The Morgan fingerprint density at radius 3 is 2.55 bits per heavy atom. The van der Waals surface area contributed by atoms with Gasteiger partial charge in [0.05, 0.1) is 19.1 Å². The minimum absolute atomic E-state index is 0.0675. The van der Waals surface area contributed by atoms with E-state index in [2.05, 4.69) is 58.1 Å². The van der Waals surface area contributed by atoms with Gasteiger partial charge >= 0.3 is 5.97 Å². The predicted octanol–water partition coefficient (Wildman–Crippen LogP) is 7.43. The molecule has 0 bridgehead atoms. The van der Waals surface area contributed by atoms with Crippen LogP contribution in [0.4, 0.5) is 0 Å². The van der Waals surface area contributed by atoms with E-state index in [0.717, 1.165) is 89.7 Å². The Morgan fingerprint density at radius 1 is 0.982 bits per heavy atom. The second-order valence-electron chi connectivity index (χ2n) is 15.3. The van der Waals surface area contributed by atoms with Gasteiger partial charge in [-0.05, 0) is 109 Å². The molecule has 2 fully saturated rings. The average molecular weight is 760 g/mol. The summed E-state index contributed by atoms with van der Waals surface area (Å²) in [6, 6.07) is 18.8. The second kappa shape index (κ2) is 14.3. The number of aromatic nitrogens is 2. The zero-order valence-corrected chi connectivity index (χ0v) is 31.6. The van der Waals surface area contributed by atoms with Crippen LogP contribution in [-0.2, 0) is 24.2 Å². The molecular weight excluding hydrogens is 718 g/mol. The molecule has 0 amide bonds. The number of carboxylic acids is 1. The van der Waals surface area contributed by atoms with E-state index in [-0.39, 0.29) is 24.2 Å². The molecule has 11 nitrogen and oxygen atoms in total. The molecule has 0 saturated carbocycles. The Labute approximate surface area is 324 Å². The molecule has 55 heavy (non-hydrogen) atoms. The number of ether oxygens (including phenoxy) is 2. The number of likely N-dealkylation sites (tertiary alicyclic amines) is 2. The van der Waals surface area contributed by atoms with E-state index >= 15 is 0 Å². The van der Waals surface area contributed by atoms with Gasteiger partial charge in [-0.1, -0.05) is 41.9 Å². The number of methoxy groups -OCH3 is 1. The first-order valence-electron chi connectivity index (χ1n) is 19.1. The highest BCUT2D eigenvalue weighted by atomic mass is 35.5. The first-order valence-corrected chi connectivity index (χ1v) is 19.4. The number of aliphatic hydroxyl groups is 1. The molecule has 2 aromatic heterocycles. The monoisotopic (exact) mass is 759 g/mol. The van der Waals surface area contributed by atoms with Crippen LogP contribution in [0.3, 0.4) is 0 Å². The summed E-state index contributed by atoms with van der Waals surface area (Å²) in [5, 5.41) is 30.3. The van der Waals surface area contributed by atoms with Crippen LogP contribution >= 0.6 is 11.6 Å². The Kier molecular flexibility index (Phi) is 9.25. The minimum Gasteiger partial charge on any atom is -0.481 e. The standard InChI is InChI=1S/C43H42ClN5O6/c1-23-27(29-7-4-8-32-30(29)10-12-38(32)54-42-35(44)17-25(40(47-42)53-2)20-48-15-14-26(50)22-48)5-3-6-28(23)41-46-36-18-33-31(34(19-45)39(36)55-41)9-11-37(33)49-16-13-24(21-49)43(51)52/h3-8,17-18,24,26,37-38,50H,9-16,20-22H2,1-2H3,(H,51,52)/t24-,26-,37-,38+/m1/s1. The van der Waals surface area contributed by atoms with Crippen molar-refractivity contribution in [3.8, 4) is 40.4 Å². The molecule has 0 spiro atoms. The van der Waals surface area contributed by atoms with Gasteiger partial charge in [0, 0.05) is 43.3 Å². The normalized spacial score (nSPS) is 22.2. The lowest BCUT2D eigenvalue weighted by atomic mass is 9.91. The number of rotatable bonds is 9. The van der Waals surface area contributed by atoms with Gasteiger partial charge in [-0.15, -0.1) is 0 Å². The zero-order chi connectivity index (χ0) is 38.0. The van der Waals surface area contributed by atoms with Crippen LogP contribution in [0.1, 0.15) is 76.8 Å². The lowest BCUT2D eigenvalue weighted by Gasteiger charge is -2.24. The first-order chi connectivity index (χ1) is 26.7. The highest BCUT2D eigenvalue weighted by Crippen LogP contribution is 2.46. The maximum Gasteiger partial charge on any atom is 0.307 e. The summed E-state index contributed by atoms with van der Waals surface area (Å²) in [5.41, 5.74) is 10.9. The molecule has 2 saturated heterocycles. The molecule has 4 heterocycles. The Balaban J connectivity index is 1.000. The molecule has 9 rings (SSSR count). The molecule has 282 valence electrons. The molecule has 4 aliphatic rings. The van der Waals surface area contributed by atoms with Crippen LogP contribution in [0.15, 0.2) is 52.9 Å². The summed E-state index contributed by atoms with van der Waals surface area (Å²) in [4.78, 5) is 25.7. The molecule has 3 aromatic carbocycles. The van der Waals surface area contributed by atoms with Gasteiger partial charge in [-0.2, -0.15) is 10.2 Å². The third-order valence-electron chi connectivity index (χ3n) is 12.1. The Bertz CT molecular complexity index is 2390. The van der Waals surface area contributed by atoms with E-state index in [1.807, 2.05) is 18.2 Å². The van der Waals surface area contributed by atoms with Crippen molar-refractivity contribution < 1.29 is 28.9 Å². The summed E-state index contributed by atoms with van der Waals surface area (Å²) < 4.78 is 18.6. The average Bonchev–Trinajstić information content (AvgIpc) is 4.03. The van der Waals surface area contributed by atoms with Crippen LogP contribution < -0.4 is 9.47 Å². The molecule has 4 atom stereocenters. The van der Waals surface area contributed by atoms with Crippen LogP contribution in [0.25, 0.3) is 33.7 Å². The molecule has 12 heteroatoms. The van der Waals surface area contributed by atoms with Gasteiger partial charge in [0.1, 0.15) is 28.3 Å². The maximum atomic E-state index is 11.7. The number of carboxylic acid groups (broad SMARTS) is 1. The van der Waals surface area contributed by atoms with Gasteiger partial charge in [-0.25, -0.2) is 4.98 Å². The quantitative estimate of drug-likeness (QED) is 0.155. The number of aliphatic hydroxyl groups excluding tert-OH is 1. The van der Waals surface area contributed by atoms with E-state index in [0.29, 0.717) is 65.4 Å². The van der Waals surface area contributed by atoms with Gasteiger partial charge in [0.15, 0.2) is 5.58 Å². The van der Waals surface area contributed by atoms with Crippen molar-refractivity contribution in [2.45, 2.75) is 70.2 Å². The van der Waals surface area contributed by atoms with Crippen molar-refractivity contribution in [1.29, 1.82) is 5.26 Å². The molecule has 2 N–H and O–H groups in total. The lowest BCUT2D eigenvalue weighted by molar-refractivity contribution is -0.141. The predicted molar refractivity (Wildman–Crippen MR) is 206 cm³/mol. The van der Waals surface area contributed by atoms with E-state index in [9.17, 15) is 20.3 Å². The highest BCUT2D eigenvalue weighted by molar-refractivity contribution is 6.31. The highest BCUT2D eigenvalue weighted by Gasteiger charge is 2.38. The molecule has 0 radical (unpaired) electrons. The summed E-state index contributed by atoms with van der Waals surface area (Å²) in [6.45, 7) is 5.33. The number of nitrogens with zero attached hydrogens (tertiary/aromatic N) is 5. The van der Waals surface area contributed by atoms with Crippen LogP contribution in [0.2, 0.25) is 5.02 Å². The van der Waals surface area contributed by atoms with Crippen LogP contribution in [0.5, 0.6) is 11.8 Å². The van der Waals surface area contributed by atoms with Crippen molar-refractivity contribution in [2.75, 3.05) is 33.3 Å². The van der Waals surface area contributed by atoms with Crippen molar-refractivity contribution in [1.82, 2.24) is 19.8 Å². The number of β-amino-alcohol motifs (C(OH)–C–C–N with tert-alkyl or cyclic N) is 1. The first kappa shape index (κ1) is 35.7. The number of benzene rings is 3. The summed E-state index contributed by atoms with van der Waals surface area (Å²) in [6.07, 6.45) is 4.00. The number of aliphatic carboxylic acids is 1. The van der Waals surface area contributed by atoms with Crippen molar-refractivity contribution >= 4 is 28.7 Å². The molecular formula is C43H42ClN5O6. The maximum absolute atomic E-state index is 11.7. The fourth-order valence-electron chi connectivity index (χ4n) is 9.36.